The molecule has 133 valence electrons. The number of hydrogen-bond acceptors (Lipinski definition) is 6. The first-order chi connectivity index (χ1) is 12.2. The second-order valence-corrected chi connectivity index (χ2v) is 6.40. The molecule has 1 fully saturated rings. The Kier molecular flexibility index (Phi) is 6.19. The maximum absolute atomic E-state index is 9.27. The van der Waals surface area contributed by atoms with Gasteiger partial charge in [-0.3, -0.25) is 0 Å². The predicted molar refractivity (Wildman–Crippen MR) is 100 cm³/mol. The summed E-state index contributed by atoms with van der Waals surface area (Å²) >= 11 is 0. The number of benzene rings is 1. The molecule has 0 saturated carbocycles. The molecular weight excluding hydrogens is 314 g/mol. The third-order valence-electron chi connectivity index (χ3n) is 4.40. The Bertz CT molecular complexity index is 641. The molecular formula is C19H26N5O. The van der Waals surface area contributed by atoms with E-state index in [-0.39, 0.29) is 0 Å². The number of rotatable bonds is 7. The Hall–Kier alpha value is -2.18. The lowest BCUT2D eigenvalue weighted by atomic mass is 10.0. The molecule has 0 bridgehead atoms. The van der Waals surface area contributed by atoms with Crippen molar-refractivity contribution in [3.05, 3.63) is 55.1 Å². The number of nitrogens with zero attached hydrogens (tertiary/aromatic N) is 3. The quantitative estimate of drug-likeness (QED) is 0.714. The number of hydrogen-bond donors (Lipinski definition) is 3. The smallest absolute Gasteiger partial charge is 0.224 e. The molecule has 1 atom stereocenters. The van der Waals surface area contributed by atoms with Crippen molar-refractivity contribution in [2.75, 3.05) is 29.9 Å². The minimum atomic E-state index is -0.543. The number of piperidine rings is 1. The molecule has 6 heteroatoms. The number of aromatic nitrogens is 2. The molecule has 1 radical (unpaired) electrons. The van der Waals surface area contributed by atoms with Crippen LogP contribution in [0, 0.1) is 6.92 Å². The second-order valence-electron chi connectivity index (χ2n) is 6.40. The van der Waals surface area contributed by atoms with E-state index in [1.54, 1.807) is 6.20 Å². The standard InChI is InChI=1S/C19H26N5O/c1-15(25)13-21-17-8-11-24(12-9-17)18-7-10-20-19(23-18)22-14-16-5-3-2-4-6-16/h2-7,10,15,17,21,25H,1,8-9,11-14H2,(H,20,22,23). The first kappa shape index (κ1) is 17.6. The molecule has 6 nitrogen and oxygen atoms in total. The summed E-state index contributed by atoms with van der Waals surface area (Å²) in [4.78, 5) is 11.2. The molecule has 2 aromatic rings. The van der Waals surface area contributed by atoms with Crippen LogP contribution in [0.3, 0.4) is 0 Å². The third-order valence-corrected chi connectivity index (χ3v) is 4.40. The lowest BCUT2D eigenvalue weighted by molar-refractivity contribution is 0.207. The van der Waals surface area contributed by atoms with E-state index >= 15 is 0 Å². The van der Waals surface area contributed by atoms with Gasteiger partial charge in [0.1, 0.15) is 5.82 Å². The van der Waals surface area contributed by atoms with Crippen molar-refractivity contribution < 1.29 is 5.11 Å². The minimum Gasteiger partial charge on any atom is -0.392 e. The van der Waals surface area contributed by atoms with E-state index in [1.165, 1.54) is 5.56 Å². The van der Waals surface area contributed by atoms with Crippen LogP contribution in [0.25, 0.3) is 0 Å². The Morgan fingerprint density at radius 3 is 2.68 bits per heavy atom. The SMILES string of the molecule is [CH2]C(O)CNC1CCN(c2ccnc(NCc3ccccc3)n2)CC1. The first-order valence-corrected chi connectivity index (χ1v) is 8.81. The fraction of sp³-hybridized carbons (Fsp3) is 0.421. The number of anilines is 2. The van der Waals surface area contributed by atoms with Crippen LogP contribution < -0.4 is 15.5 Å². The highest BCUT2D eigenvalue weighted by atomic mass is 16.3. The predicted octanol–water partition coefficient (Wildman–Crippen LogP) is 1.84. The molecule has 25 heavy (non-hydrogen) atoms. The summed E-state index contributed by atoms with van der Waals surface area (Å²) in [5.41, 5.74) is 1.20. The van der Waals surface area contributed by atoms with Crippen LogP contribution in [0.15, 0.2) is 42.6 Å². The van der Waals surface area contributed by atoms with Gasteiger partial charge in [0.25, 0.3) is 0 Å². The third kappa shape index (κ3) is 5.41. The monoisotopic (exact) mass is 340 g/mol. The number of nitrogens with one attached hydrogen (secondary N) is 2. The van der Waals surface area contributed by atoms with Crippen LogP contribution in [0.4, 0.5) is 11.8 Å². The summed E-state index contributed by atoms with van der Waals surface area (Å²) in [6.45, 7) is 6.74. The topological polar surface area (TPSA) is 73.3 Å². The van der Waals surface area contributed by atoms with E-state index in [9.17, 15) is 5.11 Å². The first-order valence-electron chi connectivity index (χ1n) is 8.81. The normalized spacial score (nSPS) is 16.6. The van der Waals surface area contributed by atoms with Crippen molar-refractivity contribution in [1.29, 1.82) is 0 Å². The lowest BCUT2D eigenvalue weighted by Gasteiger charge is -2.33. The number of aliphatic hydroxyl groups excluding tert-OH is 1. The van der Waals surface area contributed by atoms with E-state index < -0.39 is 6.10 Å². The van der Waals surface area contributed by atoms with Crippen molar-refractivity contribution >= 4 is 11.8 Å². The van der Waals surface area contributed by atoms with Crippen LogP contribution in [-0.2, 0) is 6.54 Å². The maximum Gasteiger partial charge on any atom is 0.224 e. The molecule has 1 aromatic heterocycles. The molecule has 3 rings (SSSR count). The van der Waals surface area contributed by atoms with Crippen molar-refractivity contribution in [3.8, 4) is 0 Å². The van der Waals surface area contributed by atoms with E-state index in [2.05, 4.69) is 44.6 Å². The molecule has 1 aromatic carbocycles. The van der Waals surface area contributed by atoms with Crippen LogP contribution in [0.5, 0.6) is 0 Å². The summed E-state index contributed by atoms with van der Waals surface area (Å²) in [6.07, 6.45) is 3.32. The van der Waals surface area contributed by atoms with Gasteiger partial charge in [-0.2, -0.15) is 4.98 Å². The van der Waals surface area contributed by atoms with Gasteiger partial charge in [-0.1, -0.05) is 30.3 Å². The molecule has 1 saturated heterocycles. The van der Waals surface area contributed by atoms with Crippen molar-refractivity contribution in [3.63, 3.8) is 0 Å². The fourth-order valence-electron chi connectivity index (χ4n) is 3.00. The van der Waals surface area contributed by atoms with Crippen LogP contribution >= 0.6 is 0 Å². The average Bonchev–Trinajstić information content (AvgIpc) is 2.66. The van der Waals surface area contributed by atoms with Crippen LogP contribution in [-0.4, -0.2) is 46.9 Å². The molecule has 0 amide bonds. The highest BCUT2D eigenvalue weighted by Crippen LogP contribution is 2.19. The Morgan fingerprint density at radius 1 is 1.20 bits per heavy atom. The van der Waals surface area contributed by atoms with Gasteiger partial charge >= 0.3 is 0 Å². The Balaban J connectivity index is 1.52. The summed E-state index contributed by atoms with van der Waals surface area (Å²) in [5.74, 6) is 1.61. The highest BCUT2D eigenvalue weighted by Gasteiger charge is 2.20. The second kappa shape index (κ2) is 8.78. The Morgan fingerprint density at radius 2 is 1.96 bits per heavy atom. The van der Waals surface area contributed by atoms with Gasteiger partial charge in [0, 0.05) is 38.4 Å². The Labute approximate surface area is 149 Å². The summed E-state index contributed by atoms with van der Waals surface area (Å²) in [7, 11) is 0. The molecule has 1 unspecified atom stereocenters. The van der Waals surface area contributed by atoms with Gasteiger partial charge in [-0.15, -0.1) is 0 Å². The molecule has 2 heterocycles. The lowest BCUT2D eigenvalue weighted by Crippen LogP contribution is -2.44. The van der Waals surface area contributed by atoms with Gasteiger partial charge in [0.2, 0.25) is 5.95 Å². The molecule has 1 aliphatic heterocycles. The summed E-state index contributed by atoms with van der Waals surface area (Å²) < 4.78 is 0. The fourth-order valence-corrected chi connectivity index (χ4v) is 3.00. The van der Waals surface area contributed by atoms with Gasteiger partial charge < -0.3 is 20.6 Å². The number of aliphatic hydroxyl groups is 1. The van der Waals surface area contributed by atoms with E-state index in [0.29, 0.717) is 25.1 Å². The highest BCUT2D eigenvalue weighted by molar-refractivity contribution is 5.43. The van der Waals surface area contributed by atoms with Crippen molar-refractivity contribution in [2.45, 2.75) is 31.5 Å². The van der Waals surface area contributed by atoms with Crippen molar-refractivity contribution in [1.82, 2.24) is 15.3 Å². The van der Waals surface area contributed by atoms with E-state index in [0.717, 1.165) is 31.7 Å². The zero-order valence-electron chi connectivity index (χ0n) is 14.4. The van der Waals surface area contributed by atoms with Crippen LogP contribution in [0.1, 0.15) is 18.4 Å². The van der Waals surface area contributed by atoms with Gasteiger partial charge in [0.05, 0.1) is 6.10 Å². The summed E-state index contributed by atoms with van der Waals surface area (Å²) in [5, 5.41) is 15.9. The molecule has 0 aliphatic carbocycles. The average molecular weight is 340 g/mol. The van der Waals surface area contributed by atoms with E-state index in [1.807, 2.05) is 24.3 Å². The van der Waals surface area contributed by atoms with Gasteiger partial charge in [-0.05, 0) is 31.4 Å². The molecule has 3 N–H and O–H groups in total. The summed E-state index contributed by atoms with van der Waals surface area (Å²) in [6, 6.07) is 12.6. The zero-order chi connectivity index (χ0) is 17.5. The van der Waals surface area contributed by atoms with Gasteiger partial charge in [-0.25, -0.2) is 4.98 Å². The van der Waals surface area contributed by atoms with E-state index in [4.69, 9.17) is 0 Å². The minimum absolute atomic E-state index is 0.435. The molecule has 0 spiro atoms. The maximum atomic E-state index is 9.27. The van der Waals surface area contributed by atoms with Gasteiger partial charge in [0.15, 0.2) is 0 Å². The largest absolute Gasteiger partial charge is 0.392 e. The molecule has 1 aliphatic rings. The zero-order valence-corrected chi connectivity index (χ0v) is 14.4. The van der Waals surface area contributed by atoms with Crippen molar-refractivity contribution in [2.24, 2.45) is 0 Å². The van der Waals surface area contributed by atoms with Crippen LogP contribution in [0.2, 0.25) is 0 Å².